The fourth-order valence-corrected chi connectivity index (χ4v) is 3.58. The molecule has 0 heterocycles. The SMILES string of the molecule is CCCCC(NC(=O)[C@@H](NC(=O)[C@@H](NC(=O)OCc1ccccc1)C(C)C)C(C)C)C(O)CC(=O)O. The Labute approximate surface area is 213 Å². The van der Waals surface area contributed by atoms with Crippen LogP contribution >= 0.6 is 0 Å². The minimum Gasteiger partial charge on any atom is -0.481 e. The third-order valence-electron chi connectivity index (χ3n) is 5.73. The van der Waals surface area contributed by atoms with Crippen molar-refractivity contribution in [2.75, 3.05) is 0 Å². The van der Waals surface area contributed by atoms with Crippen LogP contribution in [0, 0.1) is 11.8 Å². The fraction of sp³-hybridized carbons (Fsp3) is 0.615. The topological polar surface area (TPSA) is 154 Å². The predicted octanol–water partition coefficient (Wildman–Crippen LogP) is 2.59. The molecule has 202 valence electrons. The molecule has 0 aliphatic rings. The quantitative estimate of drug-likeness (QED) is 0.244. The Morgan fingerprint density at radius 1 is 0.889 bits per heavy atom. The summed E-state index contributed by atoms with van der Waals surface area (Å²) in [4.78, 5) is 49.5. The Bertz CT molecular complexity index is 845. The molecule has 0 spiro atoms. The highest BCUT2D eigenvalue weighted by molar-refractivity contribution is 5.91. The molecule has 1 rings (SSSR count). The minimum atomic E-state index is -1.26. The van der Waals surface area contributed by atoms with Crippen molar-refractivity contribution in [3.05, 3.63) is 35.9 Å². The van der Waals surface area contributed by atoms with E-state index in [0.717, 1.165) is 12.0 Å². The molecular weight excluding hydrogens is 466 g/mol. The number of carbonyl (C=O) groups is 4. The molecule has 10 heteroatoms. The molecule has 0 saturated carbocycles. The second kappa shape index (κ2) is 15.8. The van der Waals surface area contributed by atoms with Gasteiger partial charge in [-0.2, -0.15) is 0 Å². The van der Waals surface area contributed by atoms with Crippen LogP contribution in [0.2, 0.25) is 0 Å². The van der Waals surface area contributed by atoms with Crippen LogP contribution in [-0.2, 0) is 25.7 Å². The molecule has 0 radical (unpaired) electrons. The maximum Gasteiger partial charge on any atom is 0.408 e. The van der Waals surface area contributed by atoms with Crippen LogP contribution in [0.3, 0.4) is 0 Å². The van der Waals surface area contributed by atoms with Gasteiger partial charge in [-0.1, -0.05) is 77.8 Å². The number of amides is 3. The highest BCUT2D eigenvalue weighted by Gasteiger charge is 2.33. The lowest BCUT2D eigenvalue weighted by Gasteiger charge is -2.29. The minimum absolute atomic E-state index is 0.0496. The number of benzene rings is 1. The zero-order chi connectivity index (χ0) is 27.3. The number of aliphatic hydroxyl groups is 1. The highest BCUT2D eigenvalue weighted by atomic mass is 16.5. The lowest BCUT2D eigenvalue weighted by molar-refractivity contribution is -0.140. The summed E-state index contributed by atoms with van der Waals surface area (Å²) in [5.41, 5.74) is 0.803. The van der Waals surface area contributed by atoms with Gasteiger partial charge in [0, 0.05) is 0 Å². The van der Waals surface area contributed by atoms with Gasteiger partial charge >= 0.3 is 12.1 Å². The van der Waals surface area contributed by atoms with Crippen LogP contribution in [0.5, 0.6) is 0 Å². The van der Waals surface area contributed by atoms with Gasteiger partial charge in [0.1, 0.15) is 18.7 Å². The summed E-state index contributed by atoms with van der Waals surface area (Å²) < 4.78 is 5.22. The van der Waals surface area contributed by atoms with Gasteiger partial charge in [0.05, 0.1) is 18.6 Å². The van der Waals surface area contributed by atoms with Crippen LogP contribution in [0.1, 0.15) is 65.9 Å². The van der Waals surface area contributed by atoms with Crippen molar-refractivity contribution in [2.45, 2.75) is 91.1 Å². The van der Waals surface area contributed by atoms with Crippen molar-refractivity contribution >= 4 is 23.9 Å². The largest absolute Gasteiger partial charge is 0.481 e. The number of carboxylic acid groups (broad SMARTS) is 1. The van der Waals surface area contributed by atoms with Gasteiger partial charge in [0.25, 0.3) is 0 Å². The van der Waals surface area contributed by atoms with Crippen molar-refractivity contribution in [3.8, 4) is 0 Å². The van der Waals surface area contributed by atoms with E-state index in [-0.39, 0.29) is 18.4 Å². The van der Waals surface area contributed by atoms with Crippen molar-refractivity contribution in [2.24, 2.45) is 11.8 Å². The lowest BCUT2D eigenvalue weighted by Crippen LogP contribution is -2.58. The van der Waals surface area contributed by atoms with Gasteiger partial charge in [-0.05, 0) is 23.8 Å². The number of hydrogen-bond acceptors (Lipinski definition) is 6. The molecule has 0 fully saturated rings. The Morgan fingerprint density at radius 2 is 1.44 bits per heavy atom. The lowest BCUT2D eigenvalue weighted by atomic mass is 9.97. The molecule has 0 aromatic heterocycles. The van der Waals surface area contributed by atoms with Gasteiger partial charge in [0.2, 0.25) is 11.8 Å². The maximum atomic E-state index is 13.1. The molecule has 1 aromatic carbocycles. The van der Waals surface area contributed by atoms with E-state index in [4.69, 9.17) is 9.84 Å². The summed E-state index contributed by atoms with van der Waals surface area (Å²) in [6.07, 6.45) is -0.624. The molecule has 0 saturated heterocycles. The first-order chi connectivity index (χ1) is 17.0. The maximum absolute atomic E-state index is 13.1. The van der Waals surface area contributed by atoms with E-state index in [9.17, 15) is 24.3 Å². The van der Waals surface area contributed by atoms with E-state index in [1.54, 1.807) is 27.7 Å². The van der Waals surface area contributed by atoms with Gasteiger partial charge in [-0.15, -0.1) is 0 Å². The van der Waals surface area contributed by atoms with E-state index < -0.39 is 54.5 Å². The summed E-state index contributed by atoms with van der Waals surface area (Å²) in [6.45, 7) is 9.03. The summed E-state index contributed by atoms with van der Waals surface area (Å²) in [6, 6.07) is 6.45. The number of unbranched alkanes of at least 4 members (excludes halogenated alkanes) is 1. The van der Waals surface area contributed by atoms with E-state index in [1.165, 1.54) is 0 Å². The van der Waals surface area contributed by atoms with Crippen LogP contribution in [0.15, 0.2) is 30.3 Å². The Morgan fingerprint density at radius 3 is 1.97 bits per heavy atom. The van der Waals surface area contributed by atoms with Crippen LogP contribution in [0.4, 0.5) is 4.79 Å². The number of carbonyl (C=O) groups excluding carboxylic acids is 3. The Hall–Kier alpha value is -3.14. The number of nitrogens with one attached hydrogen (secondary N) is 3. The molecule has 36 heavy (non-hydrogen) atoms. The van der Waals surface area contributed by atoms with E-state index >= 15 is 0 Å². The number of carboxylic acids is 1. The summed E-state index contributed by atoms with van der Waals surface area (Å²) in [5.74, 6) is -2.85. The molecule has 2 unspecified atom stereocenters. The number of aliphatic carboxylic acids is 1. The third-order valence-corrected chi connectivity index (χ3v) is 5.73. The van der Waals surface area contributed by atoms with E-state index in [1.807, 2.05) is 37.3 Å². The molecule has 1 aromatic rings. The fourth-order valence-electron chi connectivity index (χ4n) is 3.58. The normalized spacial score (nSPS) is 14.4. The Balaban J connectivity index is 2.85. The summed E-state index contributed by atoms with van der Waals surface area (Å²) >= 11 is 0. The summed E-state index contributed by atoms with van der Waals surface area (Å²) in [7, 11) is 0. The first-order valence-corrected chi connectivity index (χ1v) is 12.4. The third kappa shape index (κ3) is 11.1. The molecule has 0 bridgehead atoms. The second-order valence-electron chi connectivity index (χ2n) is 9.58. The molecule has 4 atom stereocenters. The molecule has 0 aliphatic heterocycles. The van der Waals surface area contributed by atoms with Gasteiger partial charge < -0.3 is 30.9 Å². The van der Waals surface area contributed by atoms with Crippen molar-refractivity contribution in [3.63, 3.8) is 0 Å². The van der Waals surface area contributed by atoms with Crippen LogP contribution in [0.25, 0.3) is 0 Å². The number of alkyl carbamates (subject to hydrolysis) is 1. The van der Waals surface area contributed by atoms with Crippen LogP contribution in [-0.4, -0.2) is 58.3 Å². The number of ether oxygens (including phenoxy) is 1. The monoisotopic (exact) mass is 507 g/mol. The van der Waals surface area contributed by atoms with Gasteiger partial charge in [-0.25, -0.2) is 4.79 Å². The number of hydrogen-bond donors (Lipinski definition) is 5. The van der Waals surface area contributed by atoms with Crippen molar-refractivity contribution in [1.82, 2.24) is 16.0 Å². The highest BCUT2D eigenvalue weighted by Crippen LogP contribution is 2.12. The molecule has 5 N–H and O–H groups in total. The molecular formula is C26H41N3O7. The zero-order valence-corrected chi connectivity index (χ0v) is 21.8. The van der Waals surface area contributed by atoms with Crippen molar-refractivity contribution < 1.29 is 34.1 Å². The van der Waals surface area contributed by atoms with Gasteiger partial charge in [-0.3, -0.25) is 14.4 Å². The Kier molecular flexibility index (Phi) is 13.5. The van der Waals surface area contributed by atoms with E-state index in [0.29, 0.717) is 12.8 Å². The van der Waals surface area contributed by atoms with Gasteiger partial charge in [0.15, 0.2) is 0 Å². The first kappa shape index (κ1) is 30.9. The predicted molar refractivity (Wildman–Crippen MR) is 135 cm³/mol. The zero-order valence-electron chi connectivity index (χ0n) is 21.8. The second-order valence-corrected chi connectivity index (χ2v) is 9.58. The molecule has 0 aliphatic carbocycles. The molecule has 10 nitrogen and oxygen atoms in total. The number of rotatable bonds is 15. The van der Waals surface area contributed by atoms with Crippen LogP contribution < -0.4 is 16.0 Å². The first-order valence-electron chi connectivity index (χ1n) is 12.4. The number of aliphatic hydroxyl groups excluding tert-OH is 1. The van der Waals surface area contributed by atoms with E-state index in [2.05, 4.69) is 16.0 Å². The summed E-state index contributed by atoms with van der Waals surface area (Å²) in [5, 5.41) is 27.3. The average Bonchev–Trinajstić information content (AvgIpc) is 2.81. The smallest absolute Gasteiger partial charge is 0.408 e. The standard InChI is InChI=1S/C26H41N3O7/c1-6-7-13-19(20(30)14-21(31)32)27-24(33)22(16(2)3)28-25(34)23(17(4)5)29-26(35)36-15-18-11-9-8-10-12-18/h8-12,16-17,19-20,22-23,30H,6-7,13-15H2,1-5H3,(H,27,33)(H,28,34)(H,29,35)(H,31,32)/t19?,20?,22-,23-/m0/s1. The van der Waals surface area contributed by atoms with Crippen molar-refractivity contribution in [1.29, 1.82) is 0 Å². The molecule has 3 amide bonds. The average molecular weight is 508 g/mol.